The molecule has 0 radical (unpaired) electrons. The quantitative estimate of drug-likeness (QED) is 0.531. The lowest BCUT2D eigenvalue weighted by atomic mass is 10.2. The van der Waals surface area contributed by atoms with E-state index >= 15 is 0 Å². The highest BCUT2D eigenvalue weighted by molar-refractivity contribution is 5.47. The summed E-state index contributed by atoms with van der Waals surface area (Å²) in [4.78, 5) is 12.2. The number of alkyl halides is 3. The third-order valence-electron chi connectivity index (χ3n) is 1.49. The highest BCUT2D eigenvalue weighted by Gasteiger charge is 2.34. The van der Waals surface area contributed by atoms with E-state index in [4.69, 9.17) is 5.26 Å². The number of hydrogen-bond acceptors (Lipinski definition) is 4. The Morgan fingerprint density at radius 1 is 1.53 bits per heavy atom. The van der Waals surface area contributed by atoms with E-state index in [2.05, 4.69) is 4.98 Å². The summed E-state index contributed by atoms with van der Waals surface area (Å²) in [5.74, 6) is 0. The molecule has 0 unspecified atom stereocenters. The van der Waals surface area contributed by atoms with Gasteiger partial charge in [0.1, 0.15) is 23.5 Å². The zero-order valence-electron chi connectivity index (χ0n) is 6.95. The molecule has 1 heterocycles. The smallest absolute Gasteiger partial charge is 0.258 e. The first-order valence-electron chi connectivity index (χ1n) is 3.48. The maximum atomic E-state index is 12.1. The Labute approximate surface area is 80.9 Å². The maximum absolute atomic E-state index is 12.1. The minimum Gasteiger partial charge on any atom is -0.258 e. The van der Waals surface area contributed by atoms with Gasteiger partial charge in [0.2, 0.25) is 0 Å². The number of pyridine rings is 1. The number of nitro groups is 1. The van der Waals surface area contributed by atoms with E-state index in [1.165, 1.54) is 6.07 Å². The van der Waals surface area contributed by atoms with Crippen LogP contribution in [-0.2, 0) is 6.18 Å². The molecule has 1 rings (SSSR count). The molecular formula is C7H2F3N3O2. The molecule has 8 heteroatoms. The lowest BCUT2D eigenvalue weighted by molar-refractivity contribution is -0.385. The van der Waals surface area contributed by atoms with Gasteiger partial charge in [-0.2, -0.15) is 18.4 Å². The molecule has 0 aliphatic heterocycles. The van der Waals surface area contributed by atoms with E-state index in [1.807, 2.05) is 0 Å². The number of halogens is 3. The Bertz CT molecular complexity index is 450. The minimum atomic E-state index is -4.72. The highest BCUT2D eigenvalue weighted by atomic mass is 19.4. The Morgan fingerprint density at radius 2 is 2.13 bits per heavy atom. The van der Waals surface area contributed by atoms with Crippen LogP contribution in [-0.4, -0.2) is 9.91 Å². The summed E-state index contributed by atoms with van der Waals surface area (Å²) in [5, 5.41) is 18.7. The van der Waals surface area contributed by atoms with Crippen LogP contribution in [0.4, 0.5) is 18.9 Å². The molecule has 0 aliphatic rings. The van der Waals surface area contributed by atoms with E-state index in [-0.39, 0.29) is 0 Å². The second-order valence-corrected chi connectivity index (χ2v) is 2.45. The van der Waals surface area contributed by atoms with E-state index < -0.39 is 28.0 Å². The first-order valence-corrected chi connectivity index (χ1v) is 3.48. The zero-order valence-corrected chi connectivity index (χ0v) is 6.95. The van der Waals surface area contributed by atoms with Crippen LogP contribution in [0.25, 0.3) is 0 Å². The lowest BCUT2D eigenvalue weighted by Gasteiger charge is -2.04. The standard InChI is InChI=1S/C7H2F3N3O2/c8-7(9,10)6-1-4(2-11)5(3-12-6)13(14)15/h1,3H. The molecule has 1 aromatic rings. The number of nitrogens with zero attached hydrogens (tertiary/aromatic N) is 3. The topological polar surface area (TPSA) is 79.8 Å². The van der Waals surface area contributed by atoms with Gasteiger partial charge in [0, 0.05) is 0 Å². The molecular weight excluding hydrogens is 215 g/mol. The average molecular weight is 217 g/mol. The van der Waals surface area contributed by atoms with Crippen molar-refractivity contribution in [2.75, 3.05) is 0 Å². The number of aromatic nitrogens is 1. The fourth-order valence-electron chi connectivity index (χ4n) is 0.838. The molecule has 0 bridgehead atoms. The van der Waals surface area contributed by atoms with Crippen LogP contribution in [0.2, 0.25) is 0 Å². The van der Waals surface area contributed by atoms with Gasteiger partial charge in [0.25, 0.3) is 0 Å². The van der Waals surface area contributed by atoms with E-state index in [0.717, 1.165) is 0 Å². The molecule has 0 aromatic carbocycles. The SMILES string of the molecule is N#Cc1cc(C(F)(F)F)ncc1[N+](=O)[O-]. The van der Waals surface area contributed by atoms with E-state index in [1.54, 1.807) is 0 Å². The van der Waals surface area contributed by atoms with Crippen molar-refractivity contribution in [1.29, 1.82) is 5.26 Å². The Hall–Kier alpha value is -2.17. The van der Waals surface area contributed by atoms with Gasteiger partial charge in [0.15, 0.2) is 0 Å². The summed E-state index contributed by atoms with van der Waals surface area (Å²) in [5.41, 5.74) is -2.74. The van der Waals surface area contributed by atoms with Gasteiger partial charge in [-0.3, -0.25) is 10.1 Å². The number of rotatable bonds is 1. The number of nitriles is 1. The molecule has 0 amide bonds. The summed E-state index contributed by atoms with van der Waals surface area (Å²) in [6.07, 6.45) is -4.30. The van der Waals surface area contributed by atoms with Crippen molar-refractivity contribution in [3.8, 4) is 6.07 Å². The summed E-state index contributed by atoms with van der Waals surface area (Å²) in [6.45, 7) is 0. The molecule has 1 aromatic heterocycles. The third-order valence-corrected chi connectivity index (χ3v) is 1.49. The largest absolute Gasteiger partial charge is 0.433 e. The van der Waals surface area contributed by atoms with Crippen LogP contribution in [0.15, 0.2) is 12.3 Å². The second-order valence-electron chi connectivity index (χ2n) is 2.45. The molecule has 78 valence electrons. The van der Waals surface area contributed by atoms with Crippen LogP contribution in [0.5, 0.6) is 0 Å². The van der Waals surface area contributed by atoms with Gasteiger partial charge in [-0.1, -0.05) is 0 Å². The minimum absolute atomic E-state index is 0.345. The highest BCUT2D eigenvalue weighted by Crippen LogP contribution is 2.29. The first-order chi connectivity index (χ1) is 6.86. The van der Waals surface area contributed by atoms with Crippen molar-refractivity contribution in [3.63, 3.8) is 0 Å². The van der Waals surface area contributed by atoms with Gasteiger partial charge >= 0.3 is 11.9 Å². The van der Waals surface area contributed by atoms with Crippen molar-refractivity contribution in [2.24, 2.45) is 0 Å². The lowest BCUT2D eigenvalue weighted by Crippen LogP contribution is -2.09. The Balaban J connectivity index is 3.34. The van der Waals surface area contributed by atoms with Crippen molar-refractivity contribution in [3.05, 3.63) is 33.6 Å². The molecule has 5 nitrogen and oxygen atoms in total. The van der Waals surface area contributed by atoms with Gasteiger partial charge in [0.05, 0.1) is 4.92 Å². The van der Waals surface area contributed by atoms with Crippen LogP contribution >= 0.6 is 0 Å². The normalized spacial score (nSPS) is 10.8. The molecule has 0 saturated carbocycles. The monoisotopic (exact) mass is 217 g/mol. The van der Waals surface area contributed by atoms with Crippen molar-refractivity contribution in [2.45, 2.75) is 6.18 Å². The molecule has 0 atom stereocenters. The van der Waals surface area contributed by atoms with Crippen LogP contribution in [0.3, 0.4) is 0 Å². The number of hydrogen-bond donors (Lipinski definition) is 0. The fourth-order valence-corrected chi connectivity index (χ4v) is 0.838. The molecule has 0 saturated heterocycles. The second kappa shape index (κ2) is 3.53. The van der Waals surface area contributed by atoms with Gasteiger partial charge in [-0.05, 0) is 6.07 Å². The third kappa shape index (κ3) is 2.19. The molecule has 0 aliphatic carbocycles. The molecule has 0 fully saturated rings. The predicted octanol–water partition coefficient (Wildman–Crippen LogP) is 1.88. The van der Waals surface area contributed by atoms with E-state index in [0.29, 0.717) is 12.3 Å². The summed E-state index contributed by atoms with van der Waals surface area (Å²) in [6, 6.07) is 1.65. The first kappa shape index (κ1) is 10.9. The molecule has 0 N–H and O–H groups in total. The van der Waals surface area contributed by atoms with Gasteiger partial charge < -0.3 is 0 Å². The van der Waals surface area contributed by atoms with Gasteiger partial charge in [-0.15, -0.1) is 0 Å². The average Bonchev–Trinajstić information content (AvgIpc) is 2.15. The van der Waals surface area contributed by atoms with Crippen molar-refractivity contribution in [1.82, 2.24) is 4.98 Å². The van der Waals surface area contributed by atoms with Gasteiger partial charge in [-0.25, -0.2) is 4.98 Å². The Kier molecular flexibility index (Phi) is 2.57. The van der Waals surface area contributed by atoms with Crippen molar-refractivity contribution >= 4 is 5.69 Å². The molecule has 0 spiro atoms. The van der Waals surface area contributed by atoms with Crippen LogP contribution in [0, 0.1) is 21.4 Å². The van der Waals surface area contributed by atoms with E-state index in [9.17, 15) is 23.3 Å². The summed E-state index contributed by atoms with van der Waals surface area (Å²) in [7, 11) is 0. The van der Waals surface area contributed by atoms with Crippen LogP contribution < -0.4 is 0 Å². The van der Waals surface area contributed by atoms with Crippen LogP contribution in [0.1, 0.15) is 11.3 Å². The summed E-state index contributed by atoms with van der Waals surface area (Å²) < 4.78 is 36.3. The summed E-state index contributed by atoms with van der Waals surface area (Å²) >= 11 is 0. The fraction of sp³-hybridized carbons (Fsp3) is 0.143. The zero-order chi connectivity index (χ0) is 11.6. The Morgan fingerprint density at radius 3 is 2.53 bits per heavy atom. The van der Waals surface area contributed by atoms with Crippen molar-refractivity contribution < 1.29 is 18.1 Å². The predicted molar refractivity (Wildman–Crippen MR) is 40.6 cm³/mol. The maximum Gasteiger partial charge on any atom is 0.433 e. The molecule has 15 heavy (non-hydrogen) atoms.